The molecule has 1 aliphatic heterocycles. The molecule has 1 fully saturated rings. The van der Waals surface area contributed by atoms with Gasteiger partial charge in [-0.05, 0) is 43.9 Å². The number of hydrogen-bond acceptors (Lipinski definition) is 5. The first-order valence-corrected chi connectivity index (χ1v) is 9.73. The van der Waals surface area contributed by atoms with Crippen molar-refractivity contribution in [1.29, 1.82) is 0 Å². The van der Waals surface area contributed by atoms with E-state index < -0.39 is 0 Å². The van der Waals surface area contributed by atoms with Crippen molar-refractivity contribution in [2.75, 3.05) is 18.0 Å². The third-order valence-electron chi connectivity index (χ3n) is 4.97. The number of rotatable bonds is 3. The van der Waals surface area contributed by atoms with Gasteiger partial charge in [0.05, 0.1) is 22.7 Å². The maximum Gasteiger partial charge on any atom is 0.269 e. The third-order valence-corrected chi connectivity index (χ3v) is 6.03. The van der Waals surface area contributed by atoms with Crippen molar-refractivity contribution < 1.29 is 4.79 Å². The van der Waals surface area contributed by atoms with E-state index in [2.05, 4.69) is 41.2 Å². The summed E-state index contributed by atoms with van der Waals surface area (Å²) in [5.41, 5.74) is 4.23. The summed E-state index contributed by atoms with van der Waals surface area (Å²) in [6, 6.07) is 4.60. The van der Waals surface area contributed by atoms with Crippen LogP contribution < -0.4 is 10.2 Å². The minimum Gasteiger partial charge on any atom is -0.348 e. The molecule has 3 heterocycles. The Kier molecular flexibility index (Phi) is 4.40. The van der Waals surface area contributed by atoms with Crippen molar-refractivity contribution in [3.05, 3.63) is 41.5 Å². The zero-order chi connectivity index (χ0) is 18.3. The Morgan fingerprint density at radius 1 is 1.27 bits per heavy atom. The summed E-state index contributed by atoms with van der Waals surface area (Å²) < 4.78 is 3.00. The predicted molar refractivity (Wildman–Crippen MR) is 105 cm³/mol. The molecule has 1 aliphatic rings. The molecule has 7 heteroatoms. The molecule has 0 radical (unpaired) electrons. The second kappa shape index (κ2) is 6.72. The molecule has 0 saturated carbocycles. The van der Waals surface area contributed by atoms with E-state index in [-0.39, 0.29) is 11.9 Å². The molecule has 1 aromatic carbocycles. The standard InChI is InChI=1S/C19H23N5OS/c1-12-8-13(2)17-16(9-12)26-19(22-17)24-6-4-14(5-7-24)21-18(25)15-10-20-11-23(15)3/h8-11,14H,4-7H2,1-3H3,(H,21,25). The van der Waals surface area contributed by atoms with E-state index >= 15 is 0 Å². The van der Waals surface area contributed by atoms with Gasteiger partial charge >= 0.3 is 0 Å². The number of imidazole rings is 1. The van der Waals surface area contributed by atoms with Gasteiger partial charge in [-0.25, -0.2) is 9.97 Å². The maximum absolute atomic E-state index is 12.3. The van der Waals surface area contributed by atoms with E-state index in [1.807, 2.05) is 7.05 Å². The summed E-state index contributed by atoms with van der Waals surface area (Å²) in [7, 11) is 1.83. The van der Waals surface area contributed by atoms with Crippen LogP contribution in [-0.2, 0) is 7.05 Å². The third kappa shape index (κ3) is 3.19. The molecule has 4 rings (SSSR count). The lowest BCUT2D eigenvalue weighted by atomic mass is 10.1. The van der Waals surface area contributed by atoms with Crippen LogP contribution in [0.25, 0.3) is 10.2 Å². The number of aromatic nitrogens is 3. The Hall–Kier alpha value is -2.41. The molecule has 6 nitrogen and oxygen atoms in total. The Morgan fingerprint density at radius 3 is 2.73 bits per heavy atom. The monoisotopic (exact) mass is 369 g/mol. The van der Waals surface area contributed by atoms with Gasteiger partial charge in [0.1, 0.15) is 5.69 Å². The molecule has 136 valence electrons. The van der Waals surface area contributed by atoms with Crippen molar-refractivity contribution in [3.8, 4) is 0 Å². The number of nitrogens with zero attached hydrogens (tertiary/aromatic N) is 4. The minimum atomic E-state index is -0.0467. The van der Waals surface area contributed by atoms with E-state index in [9.17, 15) is 4.79 Å². The van der Waals surface area contributed by atoms with Crippen LogP contribution in [0.1, 0.15) is 34.5 Å². The molecule has 0 spiro atoms. The number of piperidine rings is 1. The summed E-state index contributed by atoms with van der Waals surface area (Å²) in [6.07, 6.45) is 5.11. The lowest BCUT2D eigenvalue weighted by molar-refractivity contribution is 0.0923. The summed E-state index contributed by atoms with van der Waals surface area (Å²) in [5, 5.41) is 4.22. The Bertz CT molecular complexity index is 952. The Labute approximate surface area is 156 Å². The van der Waals surface area contributed by atoms with Crippen molar-refractivity contribution in [2.24, 2.45) is 7.05 Å². The number of anilines is 1. The average Bonchev–Trinajstić information content (AvgIpc) is 3.22. The quantitative estimate of drug-likeness (QED) is 0.771. The van der Waals surface area contributed by atoms with Crippen molar-refractivity contribution >= 4 is 32.6 Å². The first-order chi connectivity index (χ1) is 12.5. The summed E-state index contributed by atoms with van der Waals surface area (Å²) >= 11 is 1.76. The van der Waals surface area contributed by atoms with Crippen LogP contribution in [0.2, 0.25) is 0 Å². The van der Waals surface area contributed by atoms with Crippen molar-refractivity contribution in [1.82, 2.24) is 19.9 Å². The molecular weight excluding hydrogens is 346 g/mol. The molecule has 0 unspecified atom stereocenters. The topological polar surface area (TPSA) is 63.1 Å². The number of carbonyl (C=O) groups is 1. The molecule has 0 aliphatic carbocycles. The van der Waals surface area contributed by atoms with E-state index in [0.29, 0.717) is 5.69 Å². The first-order valence-electron chi connectivity index (χ1n) is 8.91. The van der Waals surface area contributed by atoms with Gasteiger partial charge in [-0.15, -0.1) is 0 Å². The largest absolute Gasteiger partial charge is 0.348 e. The number of amides is 1. The molecule has 3 aromatic rings. The van der Waals surface area contributed by atoms with Crippen LogP contribution >= 0.6 is 11.3 Å². The first kappa shape index (κ1) is 17.0. The molecule has 1 amide bonds. The molecular formula is C19H23N5OS. The Balaban J connectivity index is 1.41. The van der Waals surface area contributed by atoms with Gasteiger partial charge in [0.25, 0.3) is 5.91 Å². The maximum atomic E-state index is 12.3. The fourth-order valence-corrected chi connectivity index (χ4v) is 4.74. The molecule has 2 aromatic heterocycles. The van der Waals surface area contributed by atoms with Gasteiger partial charge < -0.3 is 14.8 Å². The number of benzene rings is 1. The van der Waals surface area contributed by atoms with Crippen LogP contribution in [0.3, 0.4) is 0 Å². The average molecular weight is 369 g/mol. The van der Waals surface area contributed by atoms with E-state index in [4.69, 9.17) is 4.98 Å². The van der Waals surface area contributed by atoms with Gasteiger partial charge in [-0.1, -0.05) is 17.4 Å². The molecule has 0 bridgehead atoms. The number of fused-ring (bicyclic) bond motifs is 1. The highest BCUT2D eigenvalue weighted by Gasteiger charge is 2.24. The minimum absolute atomic E-state index is 0.0467. The molecule has 0 atom stereocenters. The van der Waals surface area contributed by atoms with Gasteiger partial charge in [0.2, 0.25) is 0 Å². The van der Waals surface area contributed by atoms with E-state index in [1.54, 1.807) is 28.4 Å². The van der Waals surface area contributed by atoms with Crippen LogP contribution in [0.15, 0.2) is 24.7 Å². The van der Waals surface area contributed by atoms with Gasteiger partial charge in [-0.2, -0.15) is 0 Å². The highest BCUT2D eigenvalue weighted by atomic mass is 32.1. The normalized spacial score (nSPS) is 15.6. The molecule has 1 N–H and O–H groups in total. The van der Waals surface area contributed by atoms with Crippen LogP contribution in [-0.4, -0.2) is 39.6 Å². The van der Waals surface area contributed by atoms with Gasteiger partial charge in [-0.3, -0.25) is 4.79 Å². The van der Waals surface area contributed by atoms with Crippen LogP contribution in [0, 0.1) is 13.8 Å². The predicted octanol–water partition coefficient (Wildman–Crippen LogP) is 3.05. The summed E-state index contributed by atoms with van der Waals surface area (Å²) in [4.78, 5) is 23.5. The highest BCUT2D eigenvalue weighted by molar-refractivity contribution is 7.22. The second-order valence-electron chi connectivity index (χ2n) is 7.05. The number of aryl methyl sites for hydroxylation is 3. The SMILES string of the molecule is Cc1cc(C)c2nc(N3CCC(NC(=O)c4cncn4C)CC3)sc2c1. The lowest BCUT2D eigenvalue weighted by Crippen LogP contribution is -2.45. The van der Waals surface area contributed by atoms with Crippen LogP contribution in [0.4, 0.5) is 5.13 Å². The lowest BCUT2D eigenvalue weighted by Gasteiger charge is -2.32. The summed E-state index contributed by atoms with van der Waals surface area (Å²) in [6.45, 7) is 6.07. The Morgan fingerprint density at radius 2 is 2.04 bits per heavy atom. The number of thiazole rings is 1. The van der Waals surface area contributed by atoms with Crippen molar-refractivity contribution in [3.63, 3.8) is 0 Å². The number of hydrogen-bond donors (Lipinski definition) is 1. The molecule has 26 heavy (non-hydrogen) atoms. The van der Waals surface area contributed by atoms with Gasteiger partial charge in [0.15, 0.2) is 5.13 Å². The van der Waals surface area contributed by atoms with Crippen LogP contribution in [0.5, 0.6) is 0 Å². The fraction of sp³-hybridized carbons (Fsp3) is 0.421. The fourth-order valence-electron chi connectivity index (χ4n) is 3.54. The zero-order valence-corrected chi connectivity index (χ0v) is 16.1. The number of nitrogens with one attached hydrogen (secondary N) is 1. The van der Waals surface area contributed by atoms with E-state index in [1.165, 1.54) is 15.8 Å². The van der Waals surface area contributed by atoms with E-state index in [0.717, 1.165) is 36.6 Å². The zero-order valence-electron chi connectivity index (χ0n) is 15.3. The highest BCUT2D eigenvalue weighted by Crippen LogP contribution is 2.32. The summed E-state index contributed by atoms with van der Waals surface area (Å²) in [5.74, 6) is -0.0467. The van der Waals surface area contributed by atoms with Gasteiger partial charge in [0, 0.05) is 26.2 Å². The molecule has 1 saturated heterocycles. The second-order valence-corrected chi connectivity index (χ2v) is 8.06. The van der Waals surface area contributed by atoms with Crippen molar-refractivity contribution in [2.45, 2.75) is 32.7 Å². The smallest absolute Gasteiger partial charge is 0.269 e. The number of carbonyl (C=O) groups excluding carboxylic acids is 1.